The fourth-order valence-electron chi connectivity index (χ4n) is 3.78. The van der Waals surface area contributed by atoms with Gasteiger partial charge in [-0.2, -0.15) is 0 Å². The lowest BCUT2D eigenvalue weighted by Gasteiger charge is -2.13. The Bertz CT molecular complexity index is 660. The van der Waals surface area contributed by atoms with E-state index in [1.54, 1.807) is 6.20 Å². The Hall–Kier alpha value is -1.25. The quantitative estimate of drug-likeness (QED) is 0.376. The van der Waals surface area contributed by atoms with Crippen LogP contribution in [0.25, 0.3) is 0 Å². The average molecular weight is 451 g/mol. The van der Waals surface area contributed by atoms with Crippen molar-refractivity contribution in [3.05, 3.63) is 29.6 Å². The van der Waals surface area contributed by atoms with Crippen LogP contribution in [0.5, 0.6) is 0 Å². The number of nitrogens with one attached hydrogen (secondary N) is 2. The van der Waals surface area contributed by atoms with Gasteiger partial charge in [0, 0.05) is 55.4 Å². The van der Waals surface area contributed by atoms with Crippen molar-refractivity contribution in [3.8, 4) is 0 Å². The summed E-state index contributed by atoms with van der Waals surface area (Å²) in [6.07, 6.45) is 10.3. The van der Waals surface area contributed by atoms with Gasteiger partial charge < -0.3 is 15.5 Å². The Morgan fingerprint density at radius 2 is 1.97 bits per heavy atom. The van der Waals surface area contributed by atoms with Crippen LogP contribution in [0.15, 0.2) is 18.3 Å². The molecule has 1 atom stereocenters. The van der Waals surface area contributed by atoms with Crippen LogP contribution in [-0.2, 0) is 11.2 Å². The van der Waals surface area contributed by atoms with Crippen molar-refractivity contribution in [1.82, 2.24) is 20.5 Å². The number of likely N-dealkylation sites (tertiary alicyclic amines) is 1. The molecule has 2 aliphatic rings. The van der Waals surface area contributed by atoms with Crippen molar-refractivity contribution in [3.63, 3.8) is 0 Å². The van der Waals surface area contributed by atoms with Gasteiger partial charge in [-0.05, 0) is 57.3 Å². The fourth-order valence-corrected chi connectivity index (χ4v) is 6.80. The third-order valence-electron chi connectivity index (χ3n) is 5.61. The summed E-state index contributed by atoms with van der Waals surface area (Å²) in [4.78, 5) is 31.0. The van der Waals surface area contributed by atoms with Crippen LogP contribution in [0.4, 0.5) is 0 Å². The molecule has 0 radical (unpaired) electrons. The summed E-state index contributed by atoms with van der Waals surface area (Å²) in [5.74, 6) is 1.19. The first kappa shape index (κ1) is 23.4. The van der Waals surface area contributed by atoms with Crippen LogP contribution >= 0.6 is 21.6 Å². The normalized spacial score (nSPS) is 19.1. The van der Waals surface area contributed by atoms with E-state index in [0.717, 1.165) is 36.8 Å². The molecular weight excluding hydrogens is 416 g/mol. The molecule has 2 fully saturated rings. The summed E-state index contributed by atoms with van der Waals surface area (Å²) in [6.45, 7) is 4.31. The predicted octanol–water partition coefficient (Wildman–Crippen LogP) is 3.28. The summed E-state index contributed by atoms with van der Waals surface area (Å²) >= 11 is 0. The maximum Gasteiger partial charge on any atom is 0.252 e. The van der Waals surface area contributed by atoms with Gasteiger partial charge in [0.2, 0.25) is 5.91 Å². The maximum absolute atomic E-state index is 12.2. The highest BCUT2D eigenvalue weighted by Crippen LogP contribution is 2.39. The number of nitrogens with zero attached hydrogens (tertiary/aromatic N) is 2. The van der Waals surface area contributed by atoms with Crippen LogP contribution in [0.2, 0.25) is 0 Å². The number of aromatic nitrogens is 1. The number of carbonyl (C=O) groups is 2. The highest BCUT2D eigenvalue weighted by Gasteiger charge is 2.16. The van der Waals surface area contributed by atoms with Crippen LogP contribution in [0.1, 0.15) is 61.0 Å². The Kier molecular flexibility index (Phi) is 10.3. The SMILES string of the molecule is O=C(CCCC[C@@H]1CCSS1)NCCNC(=O)c1ccc(CCN2CCCC2)nc1. The van der Waals surface area contributed by atoms with E-state index in [1.165, 1.54) is 44.5 Å². The summed E-state index contributed by atoms with van der Waals surface area (Å²) in [7, 11) is 3.96. The molecular formula is C22H34N4O2S2. The Balaban J connectivity index is 1.22. The molecule has 166 valence electrons. The minimum Gasteiger partial charge on any atom is -0.354 e. The molecule has 0 unspecified atom stereocenters. The van der Waals surface area contributed by atoms with E-state index in [9.17, 15) is 9.59 Å². The molecule has 0 aliphatic carbocycles. The zero-order chi connectivity index (χ0) is 21.0. The second kappa shape index (κ2) is 13.2. The summed E-state index contributed by atoms with van der Waals surface area (Å²) < 4.78 is 0. The highest BCUT2D eigenvalue weighted by molar-refractivity contribution is 8.77. The first-order valence-corrected chi connectivity index (χ1v) is 13.6. The second-order valence-corrected chi connectivity index (χ2v) is 10.8. The number of rotatable bonds is 12. The fraction of sp³-hybridized carbons (Fsp3) is 0.682. The van der Waals surface area contributed by atoms with Gasteiger partial charge in [-0.1, -0.05) is 28.0 Å². The number of pyridine rings is 1. The Labute approximate surface area is 188 Å². The van der Waals surface area contributed by atoms with Crippen LogP contribution in [0.3, 0.4) is 0 Å². The van der Waals surface area contributed by atoms with Gasteiger partial charge >= 0.3 is 0 Å². The lowest BCUT2D eigenvalue weighted by atomic mass is 10.1. The van der Waals surface area contributed by atoms with Gasteiger partial charge in [-0.25, -0.2) is 0 Å². The molecule has 1 aromatic rings. The molecule has 0 spiro atoms. The molecule has 2 N–H and O–H groups in total. The summed E-state index contributed by atoms with van der Waals surface area (Å²) in [5.41, 5.74) is 1.59. The molecule has 8 heteroatoms. The molecule has 2 aliphatic heterocycles. The Morgan fingerprint density at radius 1 is 1.13 bits per heavy atom. The van der Waals surface area contributed by atoms with Crippen molar-refractivity contribution in [2.24, 2.45) is 0 Å². The number of carbonyl (C=O) groups excluding carboxylic acids is 2. The topological polar surface area (TPSA) is 74.3 Å². The van der Waals surface area contributed by atoms with Crippen LogP contribution in [0, 0.1) is 0 Å². The molecule has 3 heterocycles. The predicted molar refractivity (Wildman–Crippen MR) is 126 cm³/mol. The van der Waals surface area contributed by atoms with E-state index in [4.69, 9.17) is 0 Å². The standard InChI is InChI=1S/C22H34N4O2S2/c27-21(6-2-1-5-20-10-16-29-30-20)23-11-12-24-22(28)18-7-8-19(25-17-18)9-15-26-13-3-4-14-26/h7-8,17,20H,1-6,9-16H2,(H,23,27)(H,24,28)/t20-/m1/s1. The minimum atomic E-state index is -0.144. The zero-order valence-corrected chi connectivity index (χ0v) is 19.4. The number of amides is 2. The van der Waals surface area contributed by atoms with Crippen molar-refractivity contribution in [2.75, 3.05) is 38.5 Å². The molecule has 0 saturated carbocycles. The lowest BCUT2D eigenvalue weighted by Crippen LogP contribution is -2.34. The van der Waals surface area contributed by atoms with E-state index < -0.39 is 0 Å². The maximum atomic E-state index is 12.2. The average Bonchev–Trinajstić information content (AvgIpc) is 3.47. The van der Waals surface area contributed by atoms with E-state index in [0.29, 0.717) is 25.1 Å². The number of hydrogen-bond donors (Lipinski definition) is 2. The molecule has 2 amide bonds. The highest BCUT2D eigenvalue weighted by atomic mass is 33.1. The molecule has 6 nitrogen and oxygen atoms in total. The monoisotopic (exact) mass is 450 g/mol. The molecule has 0 aromatic carbocycles. The molecule has 30 heavy (non-hydrogen) atoms. The molecule has 1 aromatic heterocycles. The van der Waals surface area contributed by atoms with Gasteiger partial charge in [0.15, 0.2) is 0 Å². The molecule has 3 rings (SSSR count). The van der Waals surface area contributed by atoms with Gasteiger partial charge in [0.05, 0.1) is 5.56 Å². The van der Waals surface area contributed by atoms with Crippen LogP contribution in [-0.4, -0.2) is 65.4 Å². The zero-order valence-electron chi connectivity index (χ0n) is 17.7. The van der Waals surface area contributed by atoms with Gasteiger partial charge in [-0.15, -0.1) is 0 Å². The minimum absolute atomic E-state index is 0.0710. The first-order chi connectivity index (χ1) is 14.7. The van der Waals surface area contributed by atoms with E-state index in [-0.39, 0.29) is 11.8 Å². The van der Waals surface area contributed by atoms with Gasteiger partial charge in [-0.3, -0.25) is 14.6 Å². The third-order valence-corrected chi connectivity index (χ3v) is 8.62. The summed E-state index contributed by atoms with van der Waals surface area (Å²) in [5, 5.41) is 6.51. The molecule has 2 saturated heterocycles. The molecule has 0 bridgehead atoms. The smallest absolute Gasteiger partial charge is 0.252 e. The van der Waals surface area contributed by atoms with Crippen molar-refractivity contribution >= 4 is 33.4 Å². The van der Waals surface area contributed by atoms with E-state index in [2.05, 4.69) is 20.5 Å². The first-order valence-electron chi connectivity index (χ1n) is 11.2. The number of unbranched alkanes of at least 4 members (excludes halogenated alkanes) is 1. The number of hydrogen-bond acceptors (Lipinski definition) is 6. The van der Waals surface area contributed by atoms with Gasteiger partial charge in [0.25, 0.3) is 5.91 Å². The van der Waals surface area contributed by atoms with Crippen molar-refractivity contribution in [1.29, 1.82) is 0 Å². The lowest BCUT2D eigenvalue weighted by molar-refractivity contribution is -0.121. The van der Waals surface area contributed by atoms with Crippen molar-refractivity contribution in [2.45, 2.75) is 56.6 Å². The third kappa shape index (κ3) is 8.47. The van der Waals surface area contributed by atoms with Crippen LogP contribution < -0.4 is 10.6 Å². The van der Waals surface area contributed by atoms with E-state index >= 15 is 0 Å². The largest absolute Gasteiger partial charge is 0.354 e. The summed E-state index contributed by atoms with van der Waals surface area (Å²) in [6, 6.07) is 3.77. The van der Waals surface area contributed by atoms with Gasteiger partial charge in [0.1, 0.15) is 0 Å². The Morgan fingerprint density at radius 3 is 2.70 bits per heavy atom. The second-order valence-electron chi connectivity index (χ2n) is 8.02. The van der Waals surface area contributed by atoms with Crippen molar-refractivity contribution < 1.29 is 9.59 Å². The van der Waals surface area contributed by atoms with E-state index in [1.807, 2.05) is 33.7 Å².